The van der Waals surface area contributed by atoms with Gasteiger partial charge < -0.3 is 19.4 Å². The van der Waals surface area contributed by atoms with Crippen LogP contribution < -0.4 is 10.1 Å². The molecule has 0 radical (unpaired) electrons. The van der Waals surface area contributed by atoms with Gasteiger partial charge in [-0.1, -0.05) is 6.07 Å². The number of hydrogen-bond donors (Lipinski definition) is 1. The molecule has 10 heteroatoms. The molecule has 1 saturated heterocycles. The fourth-order valence-electron chi connectivity index (χ4n) is 4.75. The topological polar surface area (TPSA) is 107 Å². The fourth-order valence-corrected chi connectivity index (χ4v) is 6.72. The molecule has 2 aromatic rings. The molecule has 0 saturated carbocycles. The summed E-state index contributed by atoms with van der Waals surface area (Å²) >= 11 is 0. The number of nitrogens with zero attached hydrogens (tertiary/aromatic N) is 2. The van der Waals surface area contributed by atoms with Crippen molar-refractivity contribution in [2.24, 2.45) is 5.92 Å². The summed E-state index contributed by atoms with van der Waals surface area (Å²) in [6, 6.07) is 5.49. The number of hydrogen-bond acceptors (Lipinski definition) is 6. The maximum absolute atomic E-state index is 13.8. The summed E-state index contributed by atoms with van der Waals surface area (Å²) in [5, 5.41) is 2.90. The number of amides is 1. The second kappa shape index (κ2) is 10.8. The Morgan fingerprint density at radius 2 is 1.86 bits per heavy atom. The molecule has 1 unspecified atom stereocenters. The van der Waals surface area contributed by atoms with Crippen molar-refractivity contribution in [2.45, 2.75) is 58.9 Å². The highest BCUT2D eigenvalue weighted by Crippen LogP contribution is 2.33. The zero-order chi connectivity index (χ0) is 25.9. The number of carbonyl (C=O) groups excluding carboxylic acids is 2. The first-order valence-electron chi connectivity index (χ1n) is 11.9. The maximum Gasteiger partial charge on any atom is 0.341 e. The molecule has 1 aliphatic rings. The van der Waals surface area contributed by atoms with E-state index >= 15 is 0 Å². The van der Waals surface area contributed by atoms with Gasteiger partial charge in [0.05, 0.1) is 25.3 Å². The minimum absolute atomic E-state index is 0.0281. The molecule has 35 heavy (non-hydrogen) atoms. The van der Waals surface area contributed by atoms with Crippen LogP contribution in [0.25, 0.3) is 0 Å². The van der Waals surface area contributed by atoms with Crippen molar-refractivity contribution in [1.82, 2.24) is 8.87 Å². The molecule has 1 N–H and O–H groups in total. The molecule has 1 aliphatic heterocycles. The third kappa shape index (κ3) is 5.23. The first-order chi connectivity index (χ1) is 16.6. The van der Waals surface area contributed by atoms with Gasteiger partial charge in [0, 0.05) is 31.0 Å². The monoisotopic (exact) mass is 505 g/mol. The Morgan fingerprint density at radius 1 is 1.14 bits per heavy atom. The summed E-state index contributed by atoms with van der Waals surface area (Å²) in [5.41, 5.74) is 2.63. The van der Waals surface area contributed by atoms with E-state index < -0.39 is 21.9 Å². The van der Waals surface area contributed by atoms with Crippen molar-refractivity contribution in [1.29, 1.82) is 0 Å². The number of nitrogens with one attached hydrogen (secondary N) is 1. The molecule has 9 nitrogen and oxygen atoms in total. The Bertz CT molecular complexity index is 1220. The highest BCUT2D eigenvalue weighted by atomic mass is 32.2. The summed E-state index contributed by atoms with van der Waals surface area (Å²) in [6.07, 6.45) is 1.09. The van der Waals surface area contributed by atoms with Crippen LogP contribution in [0.2, 0.25) is 0 Å². The van der Waals surface area contributed by atoms with E-state index in [2.05, 4.69) is 5.32 Å². The van der Waals surface area contributed by atoms with Gasteiger partial charge in [-0.15, -0.1) is 0 Å². The first-order valence-corrected chi connectivity index (χ1v) is 13.3. The average molecular weight is 506 g/mol. The predicted molar refractivity (Wildman–Crippen MR) is 133 cm³/mol. The Balaban J connectivity index is 1.92. The summed E-state index contributed by atoms with van der Waals surface area (Å²) in [7, 11) is -2.52. The lowest BCUT2D eigenvalue weighted by Crippen LogP contribution is -2.44. The third-order valence-electron chi connectivity index (χ3n) is 6.49. The van der Waals surface area contributed by atoms with Crippen molar-refractivity contribution in [3.63, 3.8) is 0 Å². The van der Waals surface area contributed by atoms with Gasteiger partial charge in [0.15, 0.2) is 0 Å². The lowest BCUT2D eigenvalue weighted by Gasteiger charge is -2.31. The number of methoxy groups -OCH3 is 1. The third-order valence-corrected chi connectivity index (χ3v) is 8.52. The van der Waals surface area contributed by atoms with Gasteiger partial charge in [-0.25, -0.2) is 13.2 Å². The van der Waals surface area contributed by atoms with Gasteiger partial charge in [-0.05, 0) is 65.2 Å². The maximum atomic E-state index is 13.8. The number of rotatable bonds is 8. The number of esters is 1. The lowest BCUT2D eigenvalue weighted by atomic mass is 9.98. The Kier molecular flexibility index (Phi) is 8.27. The van der Waals surface area contributed by atoms with Gasteiger partial charge in [-0.2, -0.15) is 4.31 Å². The molecule has 2 heterocycles. The number of carbonyl (C=O) groups is 2. The smallest absolute Gasteiger partial charge is 0.341 e. The van der Waals surface area contributed by atoms with E-state index in [1.165, 1.54) is 11.4 Å². The zero-order valence-corrected chi connectivity index (χ0v) is 22.1. The van der Waals surface area contributed by atoms with Crippen molar-refractivity contribution in [3.8, 4) is 5.75 Å². The molecule has 0 spiro atoms. The number of piperidine rings is 1. The predicted octanol–water partition coefficient (Wildman–Crippen LogP) is 3.66. The summed E-state index contributed by atoms with van der Waals surface area (Å²) in [4.78, 5) is 25.9. The van der Waals surface area contributed by atoms with Crippen molar-refractivity contribution in [2.75, 3.05) is 32.1 Å². The number of aryl methyl sites for hydroxylation is 1. The van der Waals surface area contributed by atoms with Crippen LogP contribution in [-0.2, 0) is 26.1 Å². The minimum atomic E-state index is -4.05. The standard InChI is InChI=1S/C25H35N3O6S/c1-7-28-17(4)22(25(30)34-8-2)23(18(28)5)35(31,32)27-13-9-10-19(15-27)24(29)26-20-14-16(3)11-12-21(20)33-6/h11-12,14,19H,7-10,13,15H2,1-6H3,(H,26,29). The molecule has 1 atom stereocenters. The Labute approximate surface area is 207 Å². The Morgan fingerprint density at radius 3 is 2.49 bits per heavy atom. The number of aromatic nitrogens is 1. The van der Waals surface area contributed by atoms with Crippen LogP contribution >= 0.6 is 0 Å². The summed E-state index contributed by atoms with van der Waals surface area (Å²) in [6.45, 7) is 9.88. The number of ether oxygens (including phenoxy) is 2. The molecule has 0 aliphatic carbocycles. The van der Waals surface area contributed by atoms with Crippen LogP contribution in [-0.4, -0.2) is 56.0 Å². The zero-order valence-electron chi connectivity index (χ0n) is 21.3. The normalized spacial score (nSPS) is 16.7. The lowest BCUT2D eigenvalue weighted by molar-refractivity contribution is -0.120. The van der Waals surface area contributed by atoms with Crippen LogP contribution in [0.1, 0.15) is 54.0 Å². The van der Waals surface area contributed by atoms with E-state index in [4.69, 9.17) is 9.47 Å². The molecule has 3 rings (SSSR count). The van der Waals surface area contributed by atoms with E-state index in [1.54, 1.807) is 31.4 Å². The molecule has 1 aromatic heterocycles. The minimum Gasteiger partial charge on any atom is -0.495 e. The number of anilines is 1. The number of benzene rings is 1. The van der Waals surface area contributed by atoms with Crippen LogP contribution in [0.5, 0.6) is 5.75 Å². The Hall–Kier alpha value is -2.85. The highest BCUT2D eigenvalue weighted by Gasteiger charge is 2.39. The second-order valence-corrected chi connectivity index (χ2v) is 10.6. The largest absolute Gasteiger partial charge is 0.495 e. The molecule has 1 aromatic carbocycles. The molecule has 192 valence electrons. The SMILES string of the molecule is CCOC(=O)c1c(S(=O)(=O)N2CCCC(C(=O)Nc3cc(C)ccc3OC)C2)c(C)n(CC)c1C. The average Bonchev–Trinajstić information content (AvgIpc) is 3.09. The van der Waals surface area contributed by atoms with Gasteiger partial charge in [-0.3, -0.25) is 4.79 Å². The van der Waals surface area contributed by atoms with Crippen LogP contribution in [0.4, 0.5) is 5.69 Å². The fraction of sp³-hybridized carbons (Fsp3) is 0.520. The van der Waals surface area contributed by atoms with E-state index in [-0.39, 0.29) is 36.1 Å². The number of sulfonamides is 1. The molecule has 0 bridgehead atoms. The highest BCUT2D eigenvalue weighted by molar-refractivity contribution is 7.89. The van der Waals surface area contributed by atoms with Crippen LogP contribution in [0.3, 0.4) is 0 Å². The van der Waals surface area contributed by atoms with Gasteiger partial charge in [0.2, 0.25) is 15.9 Å². The van der Waals surface area contributed by atoms with Crippen molar-refractivity contribution < 1.29 is 27.5 Å². The van der Waals surface area contributed by atoms with Crippen LogP contribution in [0, 0.1) is 26.7 Å². The van der Waals surface area contributed by atoms with Gasteiger partial charge in [0.1, 0.15) is 16.2 Å². The van der Waals surface area contributed by atoms with Gasteiger partial charge in [0.25, 0.3) is 0 Å². The van der Waals surface area contributed by atoms with Crippen LogP contribution in [0.15, 0.2) is 23.1 Å². The van der Waals surface area contributed by atoms with E-state index in [9.17, 15) is 18.0 Å². The quantitative estimate of drug-likeness (QED) is 0.549. The molecule has 1 fully saturated rings. The van der Waals surface area contributed by atoms with E-state index in [0.717, 1.165) is 5.56 Å². The molecular formula is C25H35N3O6S. The first kappa shape index (κ1) is 26.7. The molecular weight excluding hydrogens is 470 g/mol. The second-order valence-electron chi connectivity index (χ2n) is 8.73. The molecule has 1 amide bonds. The van der Waals surface area contributed by atoms with Crippen molar-refractivity contribution in [3.05, 3.63) is 40.7 Å². The summed E-state index contributed by atoms with van der Waals surface area (Å²) in [5.74, 6) is -0.921. The summed E-state index contributed by atoms with van der Waals surface area (Å²) < 4.78 is 41.3. The van der Waals surface area contributed by atoms with E-state index in [1.807, 2.05) is 26.0 Å². The van der Waals surface area contributed by atoms with Crippen molar-refractivity contribution >= 4 is 27.6 Å². The van der Waals surface area contributed by atoms with Gasteiger partial charge >= 0.3 is 5.97 Å². The van der Waals surface area contributed by atoms with E-state index in [0.29, 0.717) is 42.2 Å².